The number of ether oxygens (including phenoxy) is 2. The summed E-state index contributed by atoms with van der Waals surface area (Å²) < 4.78 is 25.1. The van der Waals surface area contributed by atoms with Gasteiger partial charge in [0.2, 0.25) is 5.88 Å². The molecule has 164 valence electrons. The second kappa shape index (κ2) is 8.90. The number of hydrogen-bond acceptors (Lipinski definition) is 5. The van der Waals surface area contributed by atoms with Crippen molar-refractivity contribution in [2.45, 2.75) is 51.4 Å². The second-order valence-corrected chi connectivity index (χ2v) is 8.54. The predicted molar refractivity (Wildman–Crippen MR) is 112 cm³/mol. The summed E-state index contributed by atoms with van der Waals surface area (Å²) in [6.07, 6.45) is 0.232. The number of rotatable bonds is 4. The number of piperidine rings is 1. The van der Waals surface area contributed by atoms with Crippen LogP contribution in [-0.2, 0) is 16.9 Å². The molecule has 1 aliphatic heterocycles. The topological polar surface area (TPSA) is 76.2 Å². The summed E-state index contributed by atoms with van der Waals surface area (Å²) >= 11 is 0. The number of hydrogen-bond donors (Lipinski definition) is 1. The fourth-order valence-electron chi connectivity index (χ4n) is 3.27. The highest BCUT2D eigenvalue weighted by Crippen LogP contribution is 2.33. The molecule has 1 aromatic carbocycles. The van der Waals surface area contributed by atoms with E-state index in [0.717, 1.165) is 6.07 Å². The Bertz CT molecular complexity index is 989. The van der Waals surface area contributed by atoms with E-state index in [0.29, 0.717) is 37.2 Å². The lowest BCUT2D eigenvalue weighted by molar-refractivity contribution is -0.0384. The Labute approximate surface area is 181 Å². The lowest BCUT2D eigenvalue weighted by atomic mass is 9.88. The first-order chi connectivity index (χ1) is 14.6. The van der Waals surface area contributed by atoms with Crippen molar-refractivity contribution >= 4 is 11.8 Å². The maximum atomic E-state index is 14.0. The van der Waals surface area contributed by atoms with Crippen LogP contribution in [0.1, 0.15) is 44.9 Å². The highest BCUT2D eigenvalue weighted by molar-refractivity contribution is 5.68. The number of amides is 1. The van der Waals surface area contributed by atoms with Crippen LogP contribution in [0.2, 0.25) is 0 Å². The third-order valence-electron chi connectivity index (χ3n) is 4.98. The smallest absolute Gasteiger partial charge is 0.410 e. The van der Waals surface area contributed by atoms with Crippen LogP contribution in [0.25, 0.3) is 4.85 Å². The van der Waals surface area contributed by atoms with E-state index in [1.165, 1.54) is 12.1 Å². The minimum atomic E-state index is -1.19. The maximum Gasteiger partial charge on any atom is 0.410 e. The fourth-order valence-corrected chi connectivity index (χ4v) is 3.27. The minimum Gasteiger partial charge on any atom is -0.473 e. The Morgan fingerprint density at radius 3 is 2.61 bits per heavy atom. The Morgan fingerprint density at radius 2 is 2.00 bits per heavy atom. The minimum absolute atomic E-state index is 0.0502. The van der Waals surface area contributed by atoms with E-state index >= 15 is 0 Å². The molecule has 1 amide bonds. The Balaban J connectivity index is 1.63. The van der Waals surface area contributed by atoms with Crippen molar-refractivity contribution < 1.29 is 23.8 Å². The van der Waals surface area contributed by atoms with Crippen LogP contribution in [0, 0.1) is 12.4 Å². The molecule has 3 rings (SSSR count). The highest BCUT2D eigenvalue weighted by Gasteiger charge is 2.38. The molecule has 1 aromatic heterocycles. The van der Waals surface area contributed by atoms with Crippen LogP contribution in [0.5, 0.6) is 5.88 Å². The fraction of sp³-hybridized carbons (Fsp3) is 0.435. The molecule has 0 spiro atoms. The number of pyridine rings is 1. The van der Waals surface area contributed by atoms with Crippen LogP contribution in [0.4, 0.5) is 14.9 Å². The molecule has 1 aliphatic rings. The number of carbonyl (C=O) groups excluding carboxylic acids is 1. The van der Waals surface area contributed by atoms with Crippen molar-refractivity contribution in [1.82, 2.24) is 9.88 Å². The largest absolute Gasteiger partial charge is 0.473 e. The molecule has 0 aliphatic carbocycles. The zero-order valence-electron chi connectivity index (χ0n) is 17.9. The normalized spacial score (nSPS) is 15.8. The van der Waals surface area contributed by atoms with Crippen LogP contribution >= 0.6 is 0 Å². The Hall–Kier alpha value is -3.18. The highest BCUT2D eigenvalue weighted by atomic mass is 19.1. The molecular formula is C23H26FN3O4. The second-order valence-electron chi connectivity index (χ2n) is 8.54. The van der Waals surface area contributed by atoms with E-state index in [4.69, 9.17) is 16.0 Å². The van der Waals surface area contributed by atoms with E-state index < -0.39 is 23.1 Å². The van der Waals surface area contributed by atoms with Gasteiger partial charge in [0.05, 0.1) is 12.3 Å². The van der Waals surface area contributed by atoms with Gasteiger partial charge in [-0.3, -0.25) is 0 Å². The van der Waals surface area contributed by atoms with Gasteiger partial charge in [-0.15, -0.1) is 0 Å². The van der Waals surface area contributed by atoms with Gasteiger partial charge >= 0.3 is 6.09 Å². The van der Waals surface area contributed by atoms with Gasteiger partial charge in [0, 0.05) is 24.7 Å². The summed E-state index contributed by atoms with van der Waals surface area (Å²) in [4.78, 5) is 21.4. The van der Waals surface area contributed by atoms with Crippen molar-refractivity contribution in [1.29, 1.82) is 0 Å². The van der Waals surface area contributed by atoms with E-state index in [9.17, 15) is 14.3 Å². The molecule has 2 heterocycles. The van der Waals surface area contributed by atoms with Gasteiger partial charge in [0.15, 0.2) is 5.69 Å². The number of carbonyl (C=O) groups is 1. The van der Waals surface area contributed by atoms with Gasteiger partial charge in [-0.1, -0.05) is 18.2 Å². The zero-order valence-corrected chi connectivity index (χ0v) is 17.9. The first-order valence-corrected chi connectivity index (χ1v) is 10.1. The van der Waals surface area contributed by atoms with Gasteiger partial charge in [0.1, 0.15) is 23.6 Å². The summed E-state index contributed by atoms with van der Waals surface area (Å²) in [5, 5.41) is 11.1. The molecule has 0 bridgehead atoms. The Morgan fingerprint density at radius 1 is 1.29 bits per heavy atom. The molecule has 0 atom stereocenters. The Kier molecular flexibility index (Phi) is 6.46. The van der Waals surface area contributed by atoms with E-state index in [-0.39, 0.29) is 18.2 Å². The average molecular weight is 427 g/mol. The maximum absolute atomic E-state index is 14.0. The van der Waals surface area contributed by atoms with Crippen molar-refractivity contribution in [3.05, 3.63) is 64.9 Å². The van der Waals surface area contributed by atoms with Crippen LogP contribution < -0.4 is 4.74 Å². The van der Waals surface area contributed by atoms with Gasteiger partial charge in [0.25, 0.3) is 0 Å². The third-order valence-corrected chi connectivity index (χ3v) is 4.98. The first kappa shape index (κ1) is 22.5. The van der Waals surface area contributed by atoms with Crippen LogP contribution in [0.3, 0.4) is 0 Å². The summed E-state index contributed by atoms with van der Waals surface area (Å²) in [7, 11) is 0. The molecule has 31 heavy (non-hydrogen) atoms. The van der Waals surface area contributed by atoms with Gasteiger partial charge < -0.3 is 19.5 Å². The summed E-state index contributed by atoms with van der Waals surface area (Å²) in [5.41, 5.74) is -0.795. The molecule has 1 fully saturated rings. The number of halogens is 1. The van der Waals surface area contributed by atoms with Gasteiger partial charge in [-0.25, -0.2) is 19.0 Å². The summed E-state index contributed by atoms with van der Waals surface area (Å²) in [5.74, 6) is -0.257. The predicted octanol–water partition coefficient (Wildman–Crippen LogP) is 4.57. The number of aromatic nitrogens is 1. The monoisotopic (exact) mass is 427 g/mol. The molecule has 0 unspecified atom stereocenters. The molecular weight excluding hydrogens is 401 g/mol. The number of aliphatic hydroxyl groups is 1. The summed E-state index contributed by atoms with van der Waals surface area (Å²) in [6.45, 7) is 13.0. The molecule has 0 radical (unpaired) electrons. The van der Waals surface area contributed by atoms with Crippen molar-refractivity contribution in [3.63, 3.8) is 0 Å². The molecule has 7 nitrogen and oxygen atoms in total. The number of nitrogens with zero attached hydrogens (tertiary/aromatic N) is 3. The lowest BCUT2D eigenvalue weighted by Crippen LogP contribution is -2.47. The van der Waals surface area contributed by atoms with E-state index in [2.05, 4.69) is 9.83 Å². The lowest BCUT2D eigenvalue weighted by Gasteiger charge is -2.38. The zero-order chi connectivity index (χ0) is 22.6. The number of benzene rings is 1. The van der Waals surface area contributed by atoms with E-state index in [1.54, 1.807) is 23.1 Å². The summed E-state index contributed by atoms with van der Waals surface area (Å²) in [6, 6.07) is 9.26. The van der Waals surface area contributed by atoms with Crippen LogP contribution in [0.15, 0.2) is 36.4 Å². The van der Waals surface area contributed by atoms with Gasteiger partial charge in [-0.2, -0.15) is 0 Å². The quantitative estimate of drug-likeness (QED) is 0.724. The molecule has 1 N–H and O–H groups in total. The molecule has 1 saturated heterocycles. The van der Waals surface area contributed by atoms with Crippen molar-refractivity contribution in [3.8, 4) is 5.88 Å². The van der Waals surface area contributed by atoms with Crippen molar-refractivity contribution in [2.24, 2.45) is 0 Å². The number of likely N-dealkylation sites (tertiary alicyclic amines) is 1. The first-order valence-electron chi connectivity index (χ1n) is 10.1. The van der Waals surface area contributed by atoms with Gasteiger partial charge in [-0.05, 0) is 45.7 Å². The standard InChI is InChI=1S/C23H26FN3O4/c1-22(2,3)31-21(28)27-12-10-23(29,11-13-27)19-6-5-7-20(26-19)30-15-16-8-9-17(25-4)14-18(16)24/h5-9,14,29H,10-13,15H2,1-3H3. The van der Waals surface area contributed by atoms with Crippen LogP contribution in [-0.4, -0.2) is 39.8 Å². The SMILES string of the molecule is [C-]#[N+]c1ccc(COc2cccc(C3(O)CCN(C(=O)OC(C)(C)C)CC3)n2)c(F)c1. The molecule has 0 saturated carbocycles. The third kappa shape index (κ3) is 5.70. The van der Waals surface area contributed by atoms with E-state index in [1.807, 2.05) is 20.8 Å². The molecule has 2 aromatic rings. The van der Waals surface area contributed by atoms with Crippen molar-refractivity contribution in [2.75, 3.05) is 13.1 Å². The average Bonchev–Trinajstić information content (AvgIpc) is 2.72. The molecule has 8 heteroatoms.